The number of ether oxygens (including phenoxy) is 3. The van der Waals surface area contributed by atoms with E-state index < -0.39 is 29.2 Å². The van der Waals surface area contributed by atoms with Crippen LogP contribution in [0.5, 0.6) is 0 Å². The topological polar surface area (TPSA) is 116 Å². The summed E-state index contributed by atoms with van der Waals surface area (Å²) in [6.07, 6.45) is 4.46. The molecule has 0 heterocycles. The maximum Gasteiger partial charge on any atom is 0.306 e. The Labute approximate surface area is 340 Å². The van der Waals surface area contributed by atoms with Crippen LogP contribution in [-0.2, 0) is 33.4 Å². The summed E-state index contributed by atoms with van der Waals surface area (Å²) in [6.45, 7) is 35.0. The largest absolute Gasteiger partial charge is 0.462 e. The number of fused-ring (bicyclic) bond motifs is 5. The van der Waals surface area contributed by atoms with E-state index in [0.717, 1.165) is 32.1 Å². The SMILES string of the molecule is C[C@H](C[C@H](OC(=O)CC(C)(C)C)[C@@H](OC(=O)CC(C)(C)C)C(C)(C)O)C1=C2C[C@H](OC(=O)CC(C)(C)C)[C@H]3[C@@]4(C)CCC(=O)C(C)(C)[C@@H]4CC[C@]3(C)[C@@]2(C)CC1. The van der Waals surface area contributed by atoms with E-state index in [0.29, 0.717) is 31.5 Å². The van der Waals surface area contributed by atoms with Crippen molar-refractivity contribution in [1.82, 2.24) is 0 Å². The highest BCUT2D eigenvalue weighted by Gasteiger charge is 2.70. The summed E-state index contributed by atoms with van der Waals surface area (Å²) in [5.74, 6) is -0.439. The first kappa shape index (κ1) is 46.5. The Morgan fingerprint density at radius 3 is 1.79 bits per heavy atom. The molecule has 56 heavy (non-hydrogen) atoms. The van der Waals surface area contributed by atoms with Crippen molar-refractivity contribution in [3.8, 4) is 0 Å². The molecular weight excluding hydrogens is 705 g/mol. The van der Waals surface area contributed by atoms with E-state index in [1.165, 1.54) is 11.1 Å². The molecule has 0 aliphatic heterocycles. The number of esters is 3. The van der Waals surface area contributed by atoms with Crippen molar-refractivity contribution < 1.29 is 38.5 Å². The minimum absolute atomic E-state index is 0.0744. The molecule has 4 aliphatic rings. The van der Waals surface area contributed by atoms with Crippen LogP contribution >= 0.6 is 0 Å². The molecule has 0 aromatic heterocycles. The van der Waals surface area contributed by atoms with Gasteiger partial charge in [0.25, 0.3) is 0 Å². The minimum Gasteiger partial charge on any atom is -0.462 e. The molecular formula is C48H80O8. The zero-order valence-electron chi connectivity index (χ0n) is 38.5. The highest BCUT2D eigenvalue weighted by atomic mass is 16.6. The van der Waals surface area contributed by atoms with Gasteiger partial charge in [-0.05, 0) is 96.7 Å². The molecule has 0 radical (unpaired) electrons. The number of hydrogen-bond donors (Lipinski definition) is 1. The van der Waals surface area contributed by atoms with Crippen LogP contribution < -0.4 is 0 Å². The molecule has 8 nitrogen and oxygen atoms in total. The highest BCUT2D eigenvalue weighted by molar-refractivity contribution is 5.85. The highest BCUT2D eigenvalue weighted by Crippen LogP contribution is 2.74. The van der Waals surface area contributed by atoms with Gasteiger partial charge in [0.2, 0.25) is 0 Å². The van der Waals surface area contributed by atoms with E-state index in [-0.39, 0.29) is 81.1 Å². The van der Waals surface area contributed by atoms with Gasteiger partial charge in [-0.2, -0.15) is 0 Å². The third-order valence-electron chi connectivity index (χ3n) is 14.7. The summed E-state index contributed by atoms with van der Waals surface area (Å²) in [5.41, 5.74) is -0.677. The van der Waals surface area contributed by atoms with Crippen molar-refractivity contribution in [2.75, 3.05) is 0 Å². The third kappa shape index (κ3) is 9.63. The lowest BCUT2D eigenvalue weighted by atomic mass is 9.36. The Morgan fingerprint density at radius 2 is 1.27 bits per heavy atom. The van der Waals surface area contributed by atoms with Crippen LogP contribution in [0.4, 0.5) is 0 Å². The molecule has 9 atom stereocenters. The summed E-state index contributed by atoms with van der Waals surface area (Å²) in [7, 11) is 0. The van der Waals surface area contributed by atoms with Gasteiger partial charge < -0.3 is 19.3 Å². The molecule has 3 fully saturated rings. The third-order valence-corrected chi connectivity index (χ3v) is 14.7. The molecule has 1 N–H and O–H groups in total. The van der Waals surface area contributed by atoms with Crippen LogP contribution in [-0.4, -0.2) is 52.7 Å². The molecule has 0 saturated heterocycles. The fraction of sp³-hybridized carbons (Fsp3) is 0.875. The maximum absolute atomic E-state index is 13.8. The van der Waals surface area contributed by atoms with Gasteiger partial charge >= 0.3 is 17.9 Å². The number of hydrogen-bond acceptors (Lipinski definition) is 8. The lowest BCUT2D eigenvalue weighted by Gasteiger charge is -2.69. The second kappa shape index (κ2) is 15.4. The summed E-state index contributed by atoms with van der Waals surface area (Å²) in [5, 5.41) is 11.5. The first-order chi connectivity index (χ1) is 25.1. The average Bonchev–Trinajstić information content (AvgIpc) is 3.32. The second-order valence-corrected chi connectivity index (χ2v) is 24.1. The zero-order chi connectivity index (χ0) is 42.8. The first-order valence-electron chi connectivity index (χ1n) is 21.7. The van der Waals surface area contributed by atoms with Crippen LogP contribution in [0.3, 0.4) is 0 Å². The van der Waals surface area contributed by atoms with E-state index in [9.17, 15) is 24.3 Å². The van der Waals surface area contributed by atoms with Crippen molar-refractivity contribution in [2.24, 2.45) is 55.7 Å². The Balaban J connectivity index is 1.80. The predicted molar refractivity (Wildman–Crippen MR) is 221 cm³/mol. The quantitative estimate of drug-likeness (QED) is 0.125. The first-order valence-corrected chi connectivity index (χ1v) is 21.7. The lowest BCUT2D eigenvalue weighted by Crippen LogP contribution is -2.66. The molecule has 4 rings (SSSR count). The molecule has 0 amide bonds. The van der Waals surface area contributed by atoms with Crippen LogP contribution in [0.25, 0.3) is 0 Å². The van der Waals surface area contributed by atoms with Gasteiger partial charge in [-0.1, -0.05) is 115 Å². The molecule has 0 aromatic carbocycles. The number of aliphatic hydroxyl groups is 1. The van der Waals surface area contributed by atoms with Crippen molar-refractivity contribution in [3.63, 3.8) is 0 Å². The predicted octanol–water partition coefficient (Wildman–Crippen LogP) is 10.8. The van der Waals surface area contributed by atoms with Crippen molar-refractivity contribution in [1.29, 1.82) is 0 Å². The maximum atomic E-state index is 13.8. The molecule has 0 unspecified atom stereocenters. The standard InChI is InChI=1S/C48H80O8/c1-29(24-33(55-37(51)27-42(5,6)7)40(45(13,14)53)56-38(52)28-43(8,9)10)30-18-22-47(16)31(30)25-32(54-36(50)26-41(2,3)4)39-46(15)21-20-35(49)44(11,12)34(46)19-23-48(39,47)17/h29,32-34,39-40,53H,18-28H2,1-17H3/t29-,32+,33+,34+,39+,40-,46+,47+,48+/m1/s1. The molecule has 4 aliphatic carbocycles. The molecule has 0 bridgehead atoms. The van der Waals surface area contributed by atoms with Gasteiger partial charge in [0, 0.05) is 24.2 Å². The van der Waals surface area contributed by atoms with Gasteiger partial charge in [-0.3, -0.25) is 19.2 Å². The van der Waals surface area contributed by atoms with Crippen LogP contribution in [0, 0.1) is 55.7 Å². The number of carbonyl (C=O) groups is 4. The fourth-order valence-corrected chi connectivity index (χ4v) is 12.0. The second-order valence-electron chi connectivity index (χ2n) is 24.1. The number of carbonyl (C=O) groups excluding carboxylic acids is 4. The van der Waals surface area contributed by atoms with Crippen molar-refractivity contribution in [2.45, 2.75) is 212 Å². The fourth-order valence-electron chi connectivity index (χ4n) is 12.0. The molecule has 3 saturated carbocycles. The van der Waals surface area contributed by atoms with Crippen molar-refractivity contribution >= 4 is 23.7 Å². The molecule has 8 heteroatoms. The van der Waals surface area contributed by atoms with E-state index in [1.807, 2.05) is 41.5 Å². The summed E-state index contributed by atoms with van der Waals surface area (Å²) in [4.78, 5) is 54.1. The number of Topliss-reactive ketones (excluding diaryl/α,β-unsaturated/α-hetero) is 1. The van der Waals surface area contributed by atoms with Gasteiger partial charge in [0.15, 0.2) is 6.10 Å². The normalized spacial score (nSPS) is 32.4. The Hall–Kier alpha value is -2.22. The Bertz CT molecular complexity index is 1540. The van der Waals surface area contributed by atoms with Gasteiger partial charge in [-0.25, -0.2) is 0 Å². The van der Waals surface area contributed by atoms with Crippen LogP contribution in [0.2, 0.25) is 0 Å². The number of rotatable bonds is 11. The number of ketones is 1. The average molecular weight is 785 g/mol. The van der Waals surface area contributed by atoms with Crippen LogP contribution in [0.15, 0.2) is 11.1 Å². The van der Waals surface area contributed by atoms with E-state index in [1.54, 1.807) is 13.8 Å². The van der Waals surface area contributed by atoms with E-state index in [2.05, 4.69) is 62.3 Å². The van der Waals surface area contributed by atoms with E-state index in [4.69, 9.17) is 14.2 Å². The van der Waals surface area contributed by atoms with Crippen LogP contribution in [0.1, 0.15) is 188 Å². The minimum atomic E-state index is -1.48. The summed E-state index contributed by atoms with van der Waals surface area (Å²) in [6, 6.07) is 0. The summed E-state index contributed by atoms with van der Waals surface area (Å²) < 4.78 is 19.1. The number of allylic oxidation sites excluding steroid dienone is 1. The monoisotopic (exact) mass is 785 g/mol. The molecule has 0 spiro atoms. The van der Waals surface area contributed by atoms with Gasteiger partial charge in [0.1, 0.15) is 18.0 Å². The van der Waals surface area contributed by atoms with Crippen molar-refractivity contribution in [3.05, 3.63) is 11.1 Å². The molecule has 320 valence electrons. The zero-order valence-corrected chi connectivity index (χ0v) is 38.5. The van der Waals surface area contributed by atoms with E-state index >= 15 is 0 Å². The smallest absolute Gasteiger partial charge is 0.306 e. The Kier molecular flexibility index (Phi) is 12.8. The molecule has 0 aromatic rings. The van der Waals surface area contributed by atoms with Gasteiger partial charge in [0.05, 0.1) is 24.9 Å². The summed E-state index contributed by atoms with van der Waals surface area (Å²) >= 11 is 0. The Morgan fingerprint density at radius 1 is 0.750 bits per heavy atom. The van der Waals surface area contributed by atoms with Gasteiger partial charge in [-0.15, -0.1) is 0 Å². The lowest BCUT2D eigenvalue weighted by molar-refractivity contribution is -0.218.